The van der Waals surface area contributed by atoms with Crippen LogP contribution >= 0.6 is 0 Å². The number of nitrogens with one attached hydrogen (secondary N) is 2. The molecule has 0 aliphatic carbocycles. The van der Waals surface area contributed by atoms with Gasteiger partial charge in [0.2, 0.25) is 0 Å². The summed E-state index contributed by atoms with van der Waals surface area (Å²) in [5.41, 5.74) is 5.40. The van der Waals surface area contributed by atoms with Crippen LogP contribution in [0.4, 0.5) is 0 Å². The van der Waals surface area contributed by atoms with Crippen molar-refractivity contribution in [1.29, 1.82) is 0 Å². The lowest BCUT2D eigenvalue weighted by atomic mass is 10.3. The molecule has 1 atom stereocenters. The monoisotopic (exact) mass is 198 g/mol. The summed E-state index contributed by atoms with van der Waals surface area (Å²) in [7, 11) is 0. The zero-order valence-corrected chi connectivity index (χ0v) is 7.43. The molecule has 8 nitrogen and oxygen atoms in total. The van der Waals surface area contributed by atoms with E-state index in [-0.39, 0.29) is 11.5 Å². The molecule has 1 aromatic rings. The molecule has 0 saturated heterocycles. The third-order valence-electron chi connectivity index (χ3n) is 1.55. The molecule has 0 radical (unpaired) electrons. The van der Waals surface area contributed by atoms with Crippen LogP contribution in [-0.4, -0.2) is 38.4 Å². The Hall–Kier alpha value is -2.12. The van der Waals surface area contributed by atoms with E-state index in [4.69, 9.17) is 10.9 Å². The molecule has 14 heavy (non-hydrogen) atoms. The van der Waals surface area contributed by atoms with Gasteiger partial charge in [0.15, 0.2) is 11.5 Å². The first-order valence-corrected chi connectivity index (χ1v) is 3.79. The molecular formula is C6H10N6O2. The summed E-state index contributed by atoms with van der Waals surface area (Å²) in [6, 6.07) is -0.566. The first-order chi connectivity index (χ1) is 6.65. The van der Waals surface area contributed by atoms with Crippen molar-refractivity contribution in [3.05, 3.63) is 11.9 Å². The zero-order chi connectivity index (χ0) is 10.6. The minimum atomic E-state index is -0.566. The smallest absolute Gasteiger partial charge is 0.274 e. The molecule has 1 heterocycles. The summed E-state index contributed by atoms with van der Waals surface area (Å²) in [5.74, 6) is -0.528. The fraction of sp³-hybridized carbons (Fsp3) is 0.333. The van der Waals surface area contributed by atoms with Gasteiger partial charge < -0.3 is 16.3 Å². The average Bonchev–Trinajstić information content (AvgIpc) is 2.69. The SMILES string of the molecule is CC(NC(=O)c1cn[nH]n1)C(N)=NO. The van der Waals surface area contributed by atoms with Gasteiger partial charge in [-0.25, -0.2) is 0 Å². The Bertz CT molecular complexity index is 332. The second-order valence-corrected chi connectivity index (χ2v) is 2.58. The van der Waals surface area contributed by atoms with Gasteiger partial charge in [-0.15, -0.1) is 0 Å². The lowest BCUT2D eigenvalue weighted by Crippen LogP contribution is -2.42. The third-order valence-corrected chi connectivity index (χ3v) is 1.55. The highest BCUT2D eigenvalue weighted by molar-refractivity contribution is 5.96. The standard InChI is InChI=1S/C6H10N6O2/c1-3(5(7)11-14)9-6(13)4-2-8-12-10-4/h2-3,14H,1H3,(H2,7,11)(H,9,13)(H,8,10,12). The molecule has 0 saturated carbocycles. The molecular weight excluding hydrogens is 188 g/mol. The molecule has 1 aromatic heterocycles. The zero-order valence-electron chi connectivity index (χ0n) is 7.43. The topological polar surface area (TPSA) is 129 Å². The highest BCUT2D eigenvalue weighted by atomic mass is 16.4. The molecule has 0 spiro atoms. The largest absolute Gasteiger partial charge is 0.409 e. The number of carbonyl (C=O) groups is 1. The quantitative estimate of drug-likeness (QED) is 0.207. The Morgan fingerprint density at radius 1 is 1.86 bits per heavy atom. The first-order valence-electron chi connectivity index (χ1n) is 3.79. The summed E-state index contributed by atoms with van der Waals surface area (Å²) < 4.78 is 0. The van der Waals surface area contributed by atoms with Gasteiger partial charge in [0, 0.05) is 0 Å². The van der Waals surface area contributed by atoms with Gasteiger partial charge in [-0.05, 0) is 6.92 Å². The number of H-pyrrole nitrogens is 1. The predicted octanol–water partition coefficient (Wildman–Crippen LogP) is -1.33. The van der Waals surface area contributed by atoms with Gasteiger partial charge in [-0.2, -0.15) is 15.4 Å². The van der Waals surface area contributed by atoms with E-state index in [0.717, 1.165) is 0 Å². The van der Waals surface area contributed by atoms with E-state index in [1.54, 1.807) is 6.92 Å². The van der Waals surface area contributed by atoms with E-state index in [0.29, 0.717) is 0 Å². The van der Waals surface area contributed by atoms with Gasteiger partial charge in [0.25, 0.3) is 5.91 Å². The van der Waals surface area contributed by atoms with Gasteiger partial charge in [-0.3, -0.25) is 4.79 Å². The molecule has 5 N–H and O–H groups in total. The number of amides is 1. The Labute approximate surface area is 79.2 Å². The van der Waals surface area contributed by atoms with Gasteiger partial charge in [0.1, 0.15) is 0 Å². The van der Waals surface area contributed by atoms with E-state index >= 15 is 0 Å². The number of hydrogen-bond acceptors (Lipinski definition) is 5. The van der Waals surface area contributed by atoms with Crippen LogP contribution < -0.4 is 11.1 Å². The van der Waals surface area contributed by atoms with Crippen molar-refractivity contribution in [1.82, 2.24) is 20.7 Å². The summed E-state index contributed by atoms with van der Waals surface area (Å²) in [6.07, 6.45) is 1.27. The van der Waals surface area contributed by atoms with Crippen molar-refractivity contribution < 1.29 is 10.0 Å². The Kier molecular flexibility index (Phi) is 3.00. The number of rotatable bonds is 3. The van der Waals surface area contributed by atoms with Crippen molar-refractivity contribution in [2.45, 2.75) is 13.0 Å². The predicted molar refractivity (Wildman–Crippen MR) is 46.7 cm³/mol. The number of amidine groups is 1. The molecule has 0 fully saturated rings. The maximum atomic E-state index is 11.3. The Morgan fingerprint density at radius 3 is 3.07 bits per heavy atom. The van der Waals surface area contributed by atoms with Crippen molar-refractivity contribution in [3.63, 3.8) is 0 Å². The molecule has 8 heteroatoms. The number of oxime groups is 1. The van der Waals surface area contributed by atoms with Crippen LogP contribution in [0.5, 0.6) is 0 Å². The number of nitrogens with zero attached hydrogens (tertiary/aromatic N) is 3. The van der Waals surface area contributed by atoms with Crippen LogP contribution in [0.25, 0.3) is 0 Å². The molecule has 1 amide bonds. The fourth-order valence-electron chi connectivity index (χ4n) is 0.742. The second-order valence-electron chi connectivity index (χ2n) is 2.58. The number of aromatic nitrogens is 3. The van der Waals surface area contributed by atoms with E-state index in [9.17, 15) is 4.79 Å². The molecule has 1 rings (SSSR count). The van der Waals surface area contributed by atoms with Crippen LogP contribution in [0.3, 0.4) is 0 Å². The third kappa shape index (κ3) is 2.19. The van der Waals surface area contributed by atoms with Crippen molar-refractivity contribution >= 4 is 11.7 Å². The molecule has 0 bridgehead atoms. The summed E-state index contributed by atoms with van der Waals surface area (Å²) in [6.45, 7) is 1.58. The van der Waals surface area contributed by atoms with E-state index in [1.165, 1.54) is 6.20 Å². The average molecular weight is 198 g/mol. The number of aromatic amines is 1. The number of carbonyl (C=O) groups excluding carboxylic acids is 1. The Morgan fingerprint density at radius 2 is 2.57 bits per heavy atom. The fourth-order valence-corrected chi connectivity index (χ4v) is 0.742. The van der Waals surface area contributed by atoms with Crippen LogP contribution in [0.15, 0.2) is 11.4 Å². The maximum Gasteiger partial charge on any atom is 0.274 e. The molecule has 0 aliphatic heterocycles. The second kappa shape index (κ2) is 4.21. The van der Waals surface area contributed by atoms with E-state index < -0.39 is 11.9 Å². The number of nitrogens with two attached hydrogens (primary N) is 1. The van der Waals surface area contributed by atoms with E-state index in [2.05, 4.69) is 25.9 Å². The van der Waals surface area contributed by atoms with Crippen molar-refractivity contribution in [2.24, 2.45) is 10.9 Å². The van der Waals surface area contributed by atoms with E-state index in [1.807, 2.05) is 0 Å². The maximum absolute atomic E-state index is 11.3. The highest BCUT2D eigenvalue weighted by Gasteiger charge is 2.14. The van der Waals surface area contributed by atoms with Crippen molar-refractivity contribution in [2.75, 3.05) is 0 Å². The molecule has 1 unspecified atom stereocenters. The summed E-state index contributed by atoms with van der Waals surface area (Å²) in [4.78, 5) is 11.3. The van der Waals surface area contributed by atoms with Crippen molar-refractivity contribution in [3.8, 4) is 0 Å². The van der Waals surface area contributed by atoms with Crippen LogP contribution in [-0.2, 0) is 0 Å². The first kappa shape index (κ1) is 9.96. The Balaban J connectivity index is 2.58. The molecule has 0 aliphatic rings. The van der Waals surface area contributed by atoms with Crippen LogP contribution in [0, 0.1) is 0 Å². The van der Waals surface area contributed by atoms with Gasteiger partial charge >= 0.3 is 0 Å². The summed E-state index contributed by atoms with van der Waals surface area (Å²) >= 11 is 0. The number of hydrogen-bond donors (Lipinski definition) is 4. The lowest BCUT2D eigenvalue weighted by Gasteiger charge is -2.09. The minimum Gasteiger partial charge on any atom is -0.409 e. The van der Waals surface area contributed by atoms with Crippen LogP contribution in [0.2, 0.25) is 0 Å². The summed E-state index contributed by atoms with van der Waals surface area (Å²) in [5, 5.41) is 22.9. The molecule has 0 aromatic carbocycles. The normalized spacial score (nSPS) is 13.6. The minimum absolute atomic E-state index is 0.0816. The van der Waals surface area contributed by atoms with Gasteiger partial charge in [0.05, 0.1) is 12.2 Å². The lowest BCUT2D eigenvalue weighted by molar-refractivity contribution is 0.0943. The van der Waals surface area contributed by atoms with Gasteiger partial charge in [-0.1, -0.05) is 5.16 Å². The highest BCUT2D eigenvalue weighted by Crippen LogP contribution is 1.90. The van der Waals surface area contributed by atoms with Crippen LogP contribution in [0.1, 0.15) is 17.4 Å². The molecule has 76 valence electrons.